The second-order valence-electron chi connectivity index (χ2n) is 3.37. The first-order chi connectivity index (χ1) is 5.79. The summed E-state index contributed by atoms with van der Waals surface area (Å²) in [6, 6.07) is 0.263. The van der Waals surface area contributed by atoms with Crippen molar-refractivity contribution in [1.29, 1.82) is 0 Å². The molecule has 1 saturated heterocycles. The van der Waals surface area contributed by atoms with Crippen LogP contribution in [-0.4, -0.2) is 32.5 Å². The zero-order valence-electron chi connectivity index (χ0n) is 7.95. The number of hydrogen-bond acceptors (Lipinski definition) is 3. The third-order valence-electron chi connectivity index (χ3n) is 2.68. The van der Waals surface area contributed by atoms with E-state index in [1.165, 1.54) is 0 Å². The van der Waals surface area contributed by atoms with Crippen molar-refractivity contribution >= 4 is 0 Å². The summed E-state index contributed by atoms with van der Waals surface area (Å²) < 4.78 is 10.6. The van der Waals surface area contributed by atoms with Crippen LogP contribution in [-0.2, 0) is 9.47 Å². The maximum absolute atomic E-state index is 5.98. The van der Waals surface area contributed by atoms with Crippen LogP contribution in [0.3, 0.4) is 0 Å². The number of hydrogen-bond donors (Lipinski definition) is 1. The van der Waals surface area contributed by atoms with Crippen molar-refractivity contribution in [2.75, 3.05) is 20.3 Å². The van der Waals surface area contributed by atoms with Gasteiger partial charge < -0.3 is 15.2 Å². The van der Waals surface area contributed by atoms with Crippen molar-refractivity contribution in [1.82, 2.24) is 0 Å². The molecule has 0 aromatic rings. The molecular weight excluding hydrogens is 154 g/mol. The van der Waals surface area contributed by atoms with E-state index in [9.17, 15) is 0 Å². The van der Waals surface area contributed by atoms with Gasteiger partial charge in [-0.05, 0) is 12.8 Å². The van der Waals surface area contributed by atoms with E-state index in [1.807, 2.05) is 0 Å². The van der Waals surface area contributed by atoms with Gasteiger partial charge in [0.2, 0.25) is 0 Å². The number of ether oxygens (including phenoxy) is 2. The molecule has 1 aliphatic rings. The molecule has 3 unspecified atom stereocenters. The molecule has 1 fully saturated rings. The van der Waals surface area contributed by atoms with Gasteiger partial charge in [-0.25, -0.2) is 0 Å². The largest absolute Gasteiger partial charge is 0.379 e. The van der Waals surface area contributed by atoms with E-state index in [-0.39, 0.29) is 12.1 Å². The molecule has 0 aromatic heterocycles. The van der Waals surface area contributed by atoms with Gasteiger partial charge in [0, 0.05) is 25.7 Å². The summed E-state index contributed by atoms with van der Waals surface area (Å²) in [4.78, 5) is 0. The summed E-state index contributed by atoms with van der Waals surface area (Å²) in [7, 11) is 1.73. The highest BCUT2D eigenvalue weighted by molar-refractivity contribution is 4.81. The predicted molar refractivity (Wildman–Crippen MR) is 48.0 cm³/mol. The van der Waals surface area contributed by atoms with Crippen molar-refractivity contribution in [2.24, 2.45) is 11.7 Å². The van der Waals surface area contributed by atoms with E-state index in [2.05, 4.69) is 6.92 Å². The second kappa shape index (κ2) is 4.80. The van der Waals surface area contributed by atoms with Gasteiger partial charge in [0.25, 0.3) is 0 Å². The van der Waals surface area contributed by atoms with Crippen LogP contribution in [0.2, 0.25) is 0 Å². The van der Waals surface area contributed by atoms with Gasteiger partial charge in [-0.3, -0.25) is 0 Å². The fraction of sp³-hybridized carbons (Fsp3) is 1.00. The van der Waals surface area contributed by atoms with Gasteiger partial charge in [-0.1, -0.05) is 6.92 Å². The summed E-state index contributed by atoms with van der Waals surface area (Å²) in [5, 5.41) is 0. The van der Waals surface area contributed by atoms with E-state index in [0.717, 1.165) is 19.4 Å². The van der Waals surface area contributed by atoms with Crippen LogP contribution < -0.4 is 5.73 Å². The Morgan fingerprint density at radius 1 is 1.67 bits per heavy atom. The van der Waals surface area contributed by atoms with E-state index >= 15 is 0 Å². The van der Waals surface area contributed by atoms with Gasteiger partial charge in [-0.15, -0.1) is 0 Å². The molecule has 0 aliphatic carbocycles. The van der Waals surface area contributed by atoms with Crippen LogP contribution in [0.5, 0.6) is 0 Å². The van der Waals surface area contributed by atoms with Gasteiger partial charge in [-0.2, -0.15) is 0 Å². The molecular formula is C9H19NO2. The third kappa shape index (κ3) is 2.19. The standard InChI is InChI=1S/C9H19NO2/c1-3-8(10)7-4-5-12-6-9(7)11-2/h7-9H,3-6,10H2,1-2H3. The lowest BCUT2D eigenvalue weighted by atomic mass is 9.88. The molecule has 0 saturated carbocycles. The maximum Gasteiger partial charge on any atom is 0.0848 e. The fourth-order valence-electron chi connectivity index (χ4n) is 1.76. The van der Waals surface area contributed by atoms with Crippen molar-refractivity contribution in [3.63, 3.8) is 0 Å². The second-order valence-corrected chi connectivity index (χ2v) is 3.37. The summed E-state index contributed by atoms with van der Waals surface area (Å²) in [6.45, 7) is 3.65. The highest BCUT2D eigenvalue weighted by atomic mass is 16.5. The Kier molecular flexibility index (Phi) is 3.98. The van der Waals surface area contributed by atoms with E-state index < -0.39 is 0 Å². The Bertz CT molecular complexity index is 130. The van der Waals surface area contributed by atoms with E-state index in [4.69, 9.17) is 15.2 Å². The van der Waals surface area contributed by atoms with Crippen LogP contribution >= 0.6 is 0 Å². The normalized spacial score (nSPS) is 33.2. The Hall–Kier alpha value is -0.120. The predicted octanol–water partition coefficient (Wildman–Crippen LogP) is 0.775. The lowest BCUT2D eigenvalue weighted by Gasteiger charge is -2.33. The number of rotatable bonds is 3. The van der Waals surface area contributed by atoms with Gasteiger partial charge in [0.15, 0.2) is 0 Å². The molecule has 0 spiro atoms. The minimum Gasteiger partial charge on any atom is -0.379 e. The fourth-order valence-corrected chi connectivity index (χ4v) is 1.76. The number of nitrogens with two attached hydrogens (primary N) is 1. The summed E-state index contributed by atoms with van der Waals surface area (Å²) >= 11 is 0. The smallest absolute Gasteiger partial charge is 0.0848 e. The molecule has 0 bridgehead atoms. The Labute approximate surface area is 74.2 Å². The Balaban J connectivity index is 2.46. The molecule has 1 heterocycles. The van der Waals surface area contributed by atoms with Crippen LogP contribution in [0.25, 0.3) is 0 Å². The van der Waals surface area contributed by atoms with Crippen molar-refractivity contribution < 1.29 is 9.47 Å². The topological polar surface area (TPSA) is 44.5 Å². The van der Waals surface area contributed by atoms with Crippen molar-refractivity contribution in [3.8, 4) is 0 Å². The van der Waals surface area contributed by atoms with Crippen LogP contribution in [0.15, 0.2) is 0 Å². The molecule has 1 rings (SSSR count). The molecule has 1 aliphatic heterocycles. The SMILES string of the molecule is CCC(N)C1CCOCC1OC. The monoisotopic (exact) mass is 173 g/mol. The van der Waals surface area contributed by atoms with Crippen molar-refractivity contribution in [2.45, 2.75) is 31.9 Å². The zero-order chi connectivity index (χ0) is 8.97. The lowest BCUT2D eigenvalue weighted by Crippen LogP contribution is -2.44. The van der Waals surface area contributed by atoms with Gasteiger partial charge in [0.05, 0.1) is 12.7 Å². The molecule has 0 amide bonds. The minimum atomic E-state index is 0.202. The van der Waals surface area contributed by atoms with Crippen molar-refractivity contribution in [3.05, 3.63) is 0 Å². The van der Waals surface area contributed by atoms with Crippen LogP contribution in [0.4, 0.5) is 0 Å². The zero-order valence-corrected chi connectivity index (χ0v) is 7.95. The van der Waals surface area contributed by atoms with E-state index in [1.54, 1.807) is 7.11 Å². The third-order valence-corrected chi connectivity index (χ3v) is 2.68. The molecule has 72 valence electrons. The molecule has 2 N–H and O–H groups in total. The first-order valence-electron chi connectivity index (χ1n) is 4.65. The first kappa shape index (κ1) is 9.96. The van der Waals surface area contributed by atoms with Crippen LogP contribution in [0, 0.1) is 5.92 Å². The summed E-state index contributed by atoms with van der Waals surface area (Å²) in [5.41, 5.74) is 5.98. The molecule has 3 nitrogen and oxygen atoms in total. The highest BCUT2D eigenvalue weighted by Crippen LogP contribution is 2.21. The molecule has 3 heteroatoms. The highest BCUT2D eigenvalue weighted by Gasteiger charge is 2.29. The Morgan fingerprint density at radius 3 is 3.00 bits per heavy atom. The molecule has 0 radical (unpaired) electrons. The lowest BCUT2D eigenvalue weighted by molar-refractivity contribution is -0.0720. The summed E-state index contributed by atoms with van der Waals surface area (Å²) in [6.07, 6.45) is 2.26. The minimum absolute atomic E-state index is 0.202. The molecule has 12 heavy (non-hydrogen) atoms. The van der Waals surface area contributed by atoms with Crippen LogP contribution in [0.1, 0.15) is 19.8 Å². The van der Waals surface area contributed by atoms with Gasteiger partial charge >= 0.3 is 0 Å². The Morgan fingerprint density at radius 2 is 2.42 bits per heavy atom. The van der Waals surface area contributed by atoms with Gasteiger partial charge in [0.1, 0.15) is 0 Å². The first-order valence-corrected chi connectivity index (χ1v) is 4.65. The number of methoxy groups -OCH3 is 1. The average Bonchev–Trinajstić information content (AvgIpc) is 2.16. The average molecular weight is 173 g/mol. The van der Waals surface area contributed by atoms with E-state index in [0.29, 0.717) is 12.5 Å². The molecule has 3 atom stereocenters. The quantitative estimate of drug-likeness (QED) is 0.685. The maximum atomic E-state index is 5.98. The molecule has 0 aromatic carbocycles. The summed E-state index contributed by atoms with van der Waals surface area (Å²) in [5.74, 6) is 0.480.